The Kier molecular flexibility index (Phi) is 3.92. The van der Waals surface area contributed by atoms with Crippen LogP contribution in [-0.4, -0.2) is 10.2 Å². The molecule has 0 aliphatic rings. The van der Waals surface area contributed by atoms with E-state index in [1.165, 1.54) is 11.1 Å². The van der Waals surface area contributed by atoms with Gasteiger partial charge in [0.2, 0.25) is 0 Å². The number of aryl methyl sites for hydroxylation is 2. The largest absolute Gasteiger partial charge is 0.165 e. The lowest BCUT2D eigenvalue weighted by atomic mass is 10.2. The van der Waals surface area contributed by atoms with Crippen LogP contribution in [0.15, 0.2) is 34.1 Å². The van der Waals surface area contributed by atoms with E-state index in [1.54, 1.807) is 17.8 Å². The summed E-state index contributed by atoms with van der Waals surface area (Å²) >= 11 is 13.3. The van der Waals surface area contributed by atoms with Gasteiger partial charge in [-0.15, -0.1) is 10.2 Å². The molecule has 17 heavy (non-hydrogen) atoms. The maximum absolute atomic E-state index is 5.99. The molecule has 0 bridgehead atoms. The summed E-state index contributed by atoms with van der Waals surface area (Å²) in [5, 5.41) is 8.21. The fourth-order valence-corrected chi connectivity index (χ4v) is 2.77. The third-order valence-corrected chi connectivity index (χ3v) is 4.02. The average Bonchev–Trinajstić information content (AvgIpc) is 2.28. The topological polar surface area (TPSA) is 25.8 Å². The summed E-state index contributed by atoms with van der Waals surface area (Å²) in [4.78, 5) is 1.97. The van der Waals surface area contributed by atoms with Crippen molar-refractivity contribution in [3.05, 3.63) is 45.7 Å². The van der Waals surface area contributed by atoms with Gasteiger partial charge >= 0.3 is 0 Å². The summed E-state index contributed by atoms with van der Waals surface area (Å²) < 4.78 is 0. The Labute approximate surface area is 114 Å². The Balaban J connectivity index is 2.37. The molecule has 0 saturated carbocycles. The predicted molar refractivity (Wildman–Crippen MR) is 72.1 cm³/mol. The molecule has 0 spiro atoms. The molecule has 0 fully saturated rings. The van der Waals surface area contributed by atoms with Crippen LogP contribution in [0.25, 0.3) is 0 Å². The third-order valence-electron chi connectivity index (χ3n) is 2.25. The van der Waals surface area contributed by atoms with Gasteiger partial charge in [0, 0.05) is 4.90 Å². The molecule has 2 nitrogen and oxygen atoms in total. The van der Waals surface area contributed by atoms with Crippen LogP contribution >= 0.6 is 35.0 Å². The first-order chi connectivity index (χ1) is 8.06. The molecule has 0 unspecified atom stereocenters. The molecule has 1 heterocycles. The molecule has 0 aliphatic heterocycles. The van der Waals surface area contributed by atoms with Gasteiger partial charge in [-0.05, 0) is 37.1 Å². The molecule has 0 N–H and O–H groups in total. The van der Waals surface area contributed by atoms with Crippen molar-refractivity contribution in [3.8, 4) is 0 Å². The van der Waals surface area contributed by atoms with E-state index in [9.17, 15) is 0 Å². The Morgan fingerprint density at radius 1 is 1.00 bits per heavy atom. The summed E-state index contributed by atoms with van der Waals surface area (Å²) in [6, 6.07) is 8.01. The van der Waals surface area contributed by atoms with E-state index in [1.807, 2.05) is 0 Å². The number of hydrogen-bond acceptors (Lipinski definition) is 3. The van der Waals surface area contributed by atoms with Crippen molar-refractivity contribution in [2.24, 2.45) is 0 Å². The zero-order chi connectivity index (χ0) is 12.4. The summed E-state index contributed by atoms with van der Waals surface area (Å²) in [6.07, 6.45) is 0. The first kappa shape index (κ1) is 12.7. The highest BCUT2D eigenvalue weighted by Gasteiger charge is 2.08. The van der Waals surface area contributed by atoms with Gasteiger partial charge in [0.25, 0.3) is 0 Å². The van der Waals surface area contributed by atoms with Crippen LogP contribution in [0.2, 0.25) is 10.3 Å². The van der Waals surface area contributed by atoms with E-state index in [0.717, 1.165) is 9.79 Å². The van der Waals surface area contributed by atoms with E-state index in [0.29, 0.717) is 10.3 Å². The zero-order valence-corrected chi connectivity index (χ0v) is 11.7. The SMILES string of the molecule is Cc1ccc(C)c(Sc2cc(Cl)nnc2Cl)c1. The van der Waals surface area contributed by atoms with Crippen molar-refractivity contribution < 1.29 is 0 Å². The van der Waals surface area contributed by atoms with Crippen molar-refractivity contribution in [2.45, 2.75) is 23.6 Å². The van der Waals surface area contributed by atoms with Gasteiger partial charge in [0.15, 0.2) is 10.3 Å². The summed E-state index contributed by atoms with van der Waals surface area (Å²) in [6.45, 7) is 4.12. The standard InChI is InChI=1S/C12H10Cl2N2S/c1-7-3-4-8(2)9(5-7)17-10-6-11(13)15-16-12(10)14/h3-6H,1-2H3. The number of aromatic nitrogens is 2. The summed E-state index contributed by atoms with van der Waals surface area (Å²) in [5.41, 5.74) is 2.41. The molecule has 2 aromatic rings. The maximum Gasteiger partial charge on any atom is 0.165 e. The van der Waals surface area contributed by atoms with Gasteiger partial charge in [-0.25, -0.2) is 0 Å². The second-order valence-electron chi connectivity index (χ2n) is 3.69. The van der Waals surface area contributed by atoms with E-state index >= 15 is 0 Å². The van der Waals surface area contributed by atoms with Gasteiger partial charge in [-0.2, -0.15) is 0 Å². The second kappa shape index (κ2) is 5.25. The van der Waals surface area contributed by atoms with Crippen LogP contribution in [0, 0.1) is 13.8 Å². The van der Waals surface area contributed by atoms with Crippen LogP contribution in [-0.2, 0) is 0 Å². The average molecular weight is 285 g/mol. The van der Waals surface area contributed by atoms with Crippen molar-refractivity contribution >= 4 is 35.0 Å². The van der Waals surface area contributed by atoms with Gasteiger partial charge in [0.05, 0.1) is 4.90 Å². The fraction of sp³-hybridized carbons (Fsp3) is 0.167. The van der Waals surface area contributed by atoms with Crippen LogP contribution in [0.3, 0.4) is 0 Å². The van der Waals surface area contributed by atoms with E-state index in [2.05, 4.69) is 42.2 Å². The maximum atomic E-state index is 5.99. The lowest BCUT2D eigenvalue weighted by molar-refractivity contribution is 0.997. The molecule has 1 aromatic heterocycles. The minimum Gasteiger partial charge on any atom is -0.137 e. The summed E-state index contributed by atoms with van der Waals surface area (Å²) in [5.74, 6) is 0. The molecule has 0 amide bonds. The highest BCUT2D eigenvalue weighted by molar-refractivity contribution is 7.99. The van der Waals surface area contributed by atoms with Crippen molar-refractivity contribution in [1.82, 2.24) is 10.2 Å². The van der Waals surface area contributed by atoms with Crippen LogP contribution in [0.4, 0.5) is 0 Å². The van der Waals surface area contributed by atoms with Gasteiger partial charge in [0.1, 0.15) is 0 Å². The van der Waals surface area contributed by atoms with Gasteiger partial charge in [-0.1, -0.05) is 47.1 Å². The van der Waals surface area contributed by atoms with Crippen molar-refractivity contribution in [1.29, 1.82) is 0 Å². The Morgan fingerprint density at radius 3 is 2.53 bits per heavy atom. The van der Waals surface area contributed by atoms with Gasteiger partial charge < -0.3 is 0 Å². The van der Waals surface area contributed by atoms with E-state index in [-0.39, 0.29) is 0 Å². The molecule has 0 radical (unpaired) electrons. The minimum atomic E-state index is 0.349. The number of nitrogens with zero attached hydrogens (tertiary/aromatic N) is 2. The monoisotopic (exact) mass is 284 g/mol. The Hall–Kier alpha value is -0.770. The molecule has 2 rings (SSSR count). The second-order valence-corrected chi connectivity index (χ2v) is 5.52. The molecular weight excluding hydrogens is 275 g/mol. The molecule has 0 saturated heterocycles. The minimum absolute atomic E-state index is 0.349. The quantitative estimate of drug-likeness (QED) is 0.809. The molecule has 88 valence electrons. The number of halogens is 2. The van der Waals surface area contributed by atoms with E-state index < -0.39 is 0 Å². The van der Waals surface area contributed by atoms with Crippen LogP contribution < -0.4 is 0 Å². The first-order valence-electron chi connectivity index (χ1n) is 5.00. The fourth-order valence-electron chi connectivity index (χ4n) is 1.34. The van der Waals surface area contributed by atoms with E-state index in [4.69, 9.17) is 23.2 Å². The molecule has 1 aromatic carbocycles. The predicted octanol–water partition coefficient (Wildman–Crippen LogP) is 4.55. The van der Waals surface area contributed by atoms with Crippen molar-refractivity contribution in [3.63, 3.8) is 0 Å². The normalized spacial score (nSPS) is 10.6. The van der Waals surface area contributed by atoms with Gasteiger partial charge in [-0.3, -0.25) is 0 Å². The number of rotatable bonds is 2. The smallest absolute Gasteiger partial charge is 0.137 e. The van der Waals surface area contributed by atoms with Crippen LogP contribution in [0.5, 0.6) is 0 Å². The highest BCUT2D eigenvalue weighted by Crippen LogP contribution is 2.35. The molecule has 0 atom stereocenters. The molecule has 0 aliphatic carbocycles. The number of hydrogen-bond donors (Lipinski definition) is 0. The summed E-state index contributed by atoms with van der Waals surface area (Å²) in [7, 11) is 0. The Morgan fingerprint density at radius 2 is 1.76 bits per heavy atom. The number of benzene rings is 1. The van der Waals surface area contributed by atoms with Crippen molar-refractivity contribution in [2.75, 3.05) is 0 Å². The van der Waals surface area contributed by atoms with Crippen LogP contribution in [0.1, 0.15) is 11.1 Å². The first-order valence-corrected chi connectivity index (χ1v) is 6.57. The Bertz CT molecular complexity index is 509. The molecular formula is C12H10Cl2N2S. The third kappa shape index (κ3) is 3.12. The lowest BCUT2D eigenvalue weighted by Gasteiger charge is -2.07. The molecule has 5 heteroatoms. The lowest BCUT2D eigenvalue weighted by Crippen LogP contribution is -1.87. The highest BCUT2D eigenvalue weighted by atomic mass is 35.5. The zero-order valence-electron chi connectivity index (χ0n) is 9.37.